The standard InChI is InChI=1S/C18H17F2N5O3/c1-10(26)9-25-16(11-3-6-15(21-8-11)17(27)28-2)23-18(24-25)22-12-4-5-13(19)14(20)7-12/h3-8,10,26H,9H2,1-2H3,(H,22,24)/t10-/m0/s1. The summed E-state index contributed by atoms with van der Waals surface area (Å²) in [7, 11) is 1.26. The van der Waals surface area contributed by atoms with Crippen LogP contribution < -0.4 is 5.32 Å². The molecule has 10 heteroatoms. The molecule has 0 unspecified atom stereocenters. The number of pyridine rings is 1. The van der Waals surface area contributed by atoms with Crippen LogP contribution in [0.5, 0.6) is 0 Å². The first-order valence-electron chi connectivity index (χ1n) is 8.27. The first kappa shape index (κ1) is 19.4. The maximum Gasteiger partial charge on any atom is 0.356 e. The van der Waals surface area contributed by atoms with E-state index in [1.54, 1.807) is 13.0 Å². The Labute approximate surface area is 158 Å². The Morgan fingerprint density at radius 3 is 2.68 bits per heavy atom. The zero-order valence-corrected chi connectivity index (χ0v) is 15.1. The molecule has 0 spiro atoms. The highest BCUT2D eigenvalue weighted by Crippen LogP contribution is 2.22. The van der Waals surface area contributed by atoms with Crippen LogP contribution in [-0.4, -0.2) is 44.0 Å². The molecule has 0 amide bonds. The number of halogens is 2. The molecule has 0 aliphatic rings. The molecule has 2 N–H and O–H groups in total. The lowest BCUT2D eigenvalue weighted by atomic mass is 10.2. The van der Waals surface area contributed by atoms with E-state index in [-0.39, 0.29) is 23.9 Å². The molecule has 0 saturated heterocycles. The predicted octanol–water partition coefficient (Wildman–Crippen LogP) is 2.53. The SMILES string of the molecule is COC(=O)c1ccc(-c2nc(Nc3ccc(F)c(F)c3)nn2C[C@H](C)O)cn1. The molecule has 0 aliphatic heterocycles. The monoisotopic (exact) mass is 389 g/mol. The highest BCUT2D eigenvalue weighted by molar-refractivity contribution is 5.87. The van der Waals surface area contributed by atoms with Crippen molar-refractivity contribution in [2.75, 3.05) is 12.4 Å². The van der Waals surface area contributed by atoms with Crippen LogP contribution in [0.3, 0.4) is 0 Å². The van der Waals surface area contributed by atoms with E-state index in [9.17, 15) is 18.7 Å². The lowest BCUT2D eigenvalue weighted by Gasteiger charge is -2.07. The van der Waals surface area contributed by atoms with Gasteiger partial charge >= 0.3 is 5.97 Å². The van der Waals surface area contributed by atoms with Crippen molar-refractivity contribution in [3.63, 3.8) is 0 Å². The first-order chi connectivity index (χ1) is 13.4. The number of rotatable bonds is 6. The largest absolute Gasteiger partial charge is 0.464 e. The van der Waals surface area contributed by atoms with Crippen LogP contribution in [0.2, 0.25) is 0 Å². The fraction of sp³-hybridized carbons (Fsp3) is 0.222. The quantitative estimate of drug-likeness (QED) is 0.625. The predicted molar refractivity (Wildman–Crippen MR) is 95.9 cm³/mol. The van der Waals surface area contributed by atoms with Crippen molar-refractivity contribution in [2.45, 2.75) is 19.6 Å². The van der Waals surface area contributed by atoms with Gasteiger partial charge in [-0.2, -0.15) is 4.98 Å². The van der Waals surface area contributed by atoms with Crippen molar-refractivity contribution in [2.24, 2.45) is 0 Å². The number of benzene rings is 1. The number of carbonyl (C=O) groups is 1. The number of carbonyl (C=O) groups excluding carboxylic acids is 1. The molecule has 3 rings (SSSR count). The van der Waals surface area contributed by atoms with Gasteiger partial charge in [0, 0.05) is 23.5 Å². The van der Waals surface area contributed by atoms with Gasteiger partial charge in [-0.25, -0.2) is 23.2 Å². The van der Waals surface area contributed by atoms with Crippen molar-refractivity contribution in [3.05, 3.63) is 53.9 Å². The fourth-order valence-corrected chi connectivity index (χ4v) is 2.44. The van der Waals surface area contributed by atoms with E-state index in [2.05, 4.69) is 25.1 Å². The molecule has 28 heavy (non-hydrogen) atoms. The molecule has 146 valence electrons. The molecule has 1 aromatic carbocycles. The number of aromatic nitrogens is 4. The summed E-state index contributed by atoms with van der Waals surface area (Å²) in [5.74, 6) is -2.04. The summed E-state index contributed by atoms with van der Waals surface area (Å²) >= 11 is 0. The maximum absolute atomic E-state index is 13.4. The third kappa shape index (κ3) is 4.29. The molecule has 2 aromatic heterocycles. The highest BCUT2D eigenvalue weighted by Gasteiger charge is 2.16. The van der Waals surface area contributed by atoms with Crippen LogP contribution in [-0.2, 0) is 11.3 Å². The molecule has 0 fully saturated rings. The lowest BCUT2D eigenvalue weighted by Crippen LogP contribution is -2.14. The van der Waals surface area contributed by atoms with E-state index in [4.69, 9.17) is 0 Å². The zero-order chi connectivity index (χ0) is 20.3. The summed E-state index contributed by atoms with van der Waals surface area (Å²) in [6, 6.07) is 6.41. The topological polar surface area (TPSA) is 102 Å². The molecule has 0 saturated carbocycles. The van der Waals surface area contributed by atoms with Crippen molar-refractivity contribution >= 4 is 17.6 Å². The molecule has 8 nitrogen and oxygen atoms in total. The minimum atomic E-state index is -1.00. The van der Waals surface area contributed by atoms with E-state index in [1.807, 2.05) is 0 Å². The highest BCUT2D eigenvalue weighted by atomic mass is 19.2. The average Bonchev–Trinajstić information content (AvgIpc) is 3.05. The van der Waals surface area contributed by atoms with E-state index < -0.39 is 23.7 Å². The van der Waals surface area contributed by atoms with Gasteiger partial charge in [0.15, 0.2) is 17.5 Å². The van der Waals surface area contributed by atoms with Crippen molar-refractivity contribution < 1.29 is 23.4 Å². The van der Waals surface area contributed by atoms with Crippen LogP contribution in [0, 0.1) is 11.6 Å². The van der Waals surface area contributed by atoms with Gasteiger partial charge in [-0.3, -0.25) is 0 Å². The minimum absolute atomic E-state index is 0.124. The van der Waals surface area contributed by atoms with Crippen LogP contribution in [0.1, 0.15) is 17.4 Å². The Hall–Kier alpha value is -3.40. The lowest BCUT2D eigenvalue weighted by molar-refractivity contribution is 0.0594. The average molecular weight is 389 g/mol. The first-order valence-corrected chi connectivity index (χ1v) is 8.27. The molecular formula is C18H17F2N5O3. The summed E-state index contributed by atoms with van der Waals surface area (Å²) < 4.78 is 32.5. The van der Waals surface area contributed by atoms with Crippen molar-refractivity contribution in [1.29, 1.82) is 0 Å². The summed E-state index contributed by atoms with van der Waals surface area (Å²) in [4.78, 5) is 19.9. The Kier molecular flexibility index (Phi) is 5.59. The second-order valence-corrected chi connectivity index (χ2v) is 5.97. The number of hydrogen-bond acceptors (Lipinski definition) is 7. The number of methoxy groups -OCH3 is 1. The smallest absolute Gasteiger partial charge is 0.356 e. The van der Waals surface area contributed by atoms with E-state index >= 15 is 0 Å². The third-order valence-electron chi connectivity index (χ3n) is 3.70. The van der Waals surface area contributed by atoms with Gasteiger partial charge < -0.3 is 15.2 Å². The molecule has 3 aromatic rings. The van der Waals surface area contributed by atoms with Crippen molar-refractivity contribution in [3.8, 4) is 11.4 Å². The van der Waals surface area contributed by atoms with Crippen LogP contribution >= 0.6 is 0 Å². The fourth-order valence-electron chi connectivity index (χ4n) is 2.44. The minimum Gasteiger partial charge on any atom is -0.464 e. The van der Waals surface area contributed by atoms with Crippen LogP contribution in [0.15, 0.2) is 36.5 Å². The Morgan fingerprint density at radius 1 is 1.29 bits per heavy atom. The Morgan fingerprint density at radius 2 is 2.07 bits per heavy atom. The summed E-state index contributed by atoms with van der Waals surface area (Å²) in [5.41, 5.74) is 0.936. The van der Waals surface area contributed by atoms with Gasteiger partial charge in [-0.05, 0) is 31.2 Å². The summed E-state index contributed by atoms with van der Waals surface area (Å²) in [5, 5.41) is 16.8. The van der Waals surface area contributed by atoms with E-state index in [1.165, 1.54) is 30.1 Å². The summed E-state index contributed by atoms with van der Waals surface area (Å²) in [6.07, 6.45) is 0.717. The molecule has 0 aliphatic carbocycles. The Bertz CT molecular complexity index is 989. The van der Waals surface area contributed by atoms with Crippen molar-refractivity contribution in [1.82, 2.24) is 19.7 Å². The molecule has 0 radical (unpaired) electrons. The Balaban J connectivity index is 1.93. The molecule has 2 heterocycles. The molecular weight excluding hydrogens is 372 g/mol. The van der Waals surface area contributed by atoms with Gasteiger partial charge in [0.2, 0.25) is 5.95 Å². The number of nitrogens with one attached hydrogen (secondary N) is 1. The number of esters is 1. The third-order valence-corrected chi connectivity index (χ3v) is 3.70. The zero-order valence-electron chi connectivity index (χ0n) is 15.1. The second-order valence-electron chi connectivity index (χ2n) is 5.97. The van der Waals surface area contributed by atoms with Gasteiger partial charge in [0.1, 0.15) is 5.69 Å². The number of ether oxygens (including phenoxy) is 1. The van der Waals surface area contributed by atoms with Crippen LogP contribution in [0.25, 0.3) is 11.4 Å². The number of hydrogen-bond donors (Lipinski definition) is 2. The van der Waals surface area contributed by atoms with Crippen LogP contribution in [0.4, 0.5) is 20.4 Å². The maximum atomic E-state index is 13.4. The molecule has 1 atom stereocenters. The normalized spacial score (nSPS) is 11.9. The van der Waals surface area contributed by atoms with Gasteiger partial charge in [-0.15, -0.1) is 5.10 Å². The number of anilines is 2. The van der Waals surface area contributed by atoms with Gasteiger partial charge in [0.05, 0.1) is 19.8 Å². The summed E-state index contributed by atoms with van der Waals surface area (Å²) in [6.45, 7) is 1.73. The number of aliphatic hydroxyl groups excluding tert-OH is 1. The van der Waals surface area contributed by atoms with Gasteiger partial charge in [-0.1, -0.05) is 0 Å². The molecule has 0 bridgehead atoms. The number of aliphatic hydroxyl groups is 1. The number of nitrogens with zero attached hydrogens (tertiary/aromatic N) is 4. The van der Waals surface area contributed by atoms with E-state index in [0.717, 1.165) is 12.1 Å². The van der Waals surface area contributed by atoms with E-state index in [0.29, 0.717) is 11.4 Å². The second kappa shape index (κ2) is 8.09. The van der Waals surface area contributed by atoms with Gasteiger partial charge in [0.25, 0.3) is 0 Å².